The maximum Gasteiger partial charge on any atom is 0.408 e. The molecule has 2 aromatic carbocycles. The number of terminal acetylenes is 1. The lowest BCUT2D eigenvalue weighted by Crippen LogP contribution is -2.56. The highest BCUT2D eigenvalue weighted by molar-refractivity contribution is 5.92. The molecular weight excluding hydrogens is 518 g/mol. The van der Waals surface area contributed by atoms with E-state index in [2.05, 4.69) is 16.6 Å². The average molecular weight is 562 g/mol. The van der Waals surface area contributed by atoms with Crippen LogP contribution in [0.5, 0.6) is 5.75 Å². The number of carbonyl (C=O) groups excluding carboxylic acids is 3. The Morgan fingerprint density at radius 1 is 1.02 bits per heavy atom. The van der Waals surface area contributed by atoms with Crippen molar-refractivity contribution in [2.24, 2.45) is 0 Å². The number of hydrogen-bond donors (Lipinski definition) is 3. The van der Waals surface area contributed by atoms with Gasteiger partial charge in [-0.25, -0.2) is 4.79 Å². The normalized spacial score (nSPS) is 15.3. The highest BCUT2D eigenvalue weighted by Crippen LogP contribution is 2.28. The van der Waals surface area contributed by atoms with Crippen molar-refractivity contribution in [1.29, 1.82) is 0 Å². The molecule has 1 aliphatic carbocycles. The standard InChI is InChI=1S/C33H43N3O5/c1-7-23-13-17-25(18-14-23)29(30(38)34-26-11-9-8-10-12-26)36(22(2)3)31(39)28(35-32(40)41-33(4,5)6)21-24-15-19-27(37)20-16-24/h1,13-20,22,26,28-29,37H,8-12,21H2,2-6H3,(H,34,38)(H,35,40). The van der Waals surface area contributed by atoms with Gasteiger partial charge in [0.2, 0.25) is 11.8 Å². The van der Waals surface area contributed by atoms with Crippen molar-refractivity contribution < 1.29 is 24.2 Å². The fourth-order valence-electron chi connectivity index (χ4n) is 5.10. The summed E-state index contributed by atoms with van der Waals surface area (Å²) in [5.74, 6) is 1.99. The summed E-state index contributed by atoms with van der Waals surface area (Å²) in [5, 5.41) is 15.7. The predicted molar refractivity (Wildman–Crippen MR) is 159 cm³/mol. The van der Waals surface area contributed by atoms with Gasteiger partial charge in [-0.3, -0.25) is 9.59 Å². The first-order valence-corrected chi connectivity index (χ1v) is 14.3. The van der Waals surface area contributed by atoms with Crippen molar-refractivity contribution in [2.75, 3.05) is 0 Å². The van der Waals surface area contributed by atoms with Crippen molar-refractivity contribution >= 4 is 17.9 Å². The van der Waals surface area contributed by atoms with Crippen molar-refractivity contribution in [2.45, 2.75) is 103 Å². The molecule has 2 aromatic rings. The fraction of sp³-hybridized carbons (Fsp3) is 0.485. The van der Waals surface area contributed by atoms with Gasteiger partial charge in [-0.1, -0.05) is 49.4 Å². The second-order valence-electron chi connectivity index (χ2n) is 11.9. The lowest BCUT2D eigenvalue weighted by molar-refractivity contribution is -0.145. The number of nitrogens with one attached hydrogen (secondary N) is 2. The maximum atomic E-state index is 14.4. The van der Waals surface area contributed by atoms with Gasteiger partial charge in [-0.05, 0) is 82.9 Å². The van der Waals surface area contributed by atoms with Crippen molar-refractivity contribution in [1.82, 2.24) is 15.5 Å². The zero-order valence-electron chi connectivity index (χ0n) is 24.8. The quantitative estimate of drug-likeness (QED) is 0.363. The second kappa shape index (κ2) is 14.1. The third-order valence-electron chi connectivity index (χ3n) is 7.05. The number of rotatable bonds is 9. The molecule has 0 aliphatic heterocycles. The summed E-state index contributed by atoms with van der Waals surface area (Å²) in [6.07, 6.45) is 10.0. The summed E-state index contributed by atoms with van der Waals surface area (Å²) in [5.41, 5.74) is 1.25. The predicted octanol–water partition coefficient (Wildman–Crippen LogP) is 5.24. The molecule has 220 valence electrons. The third-order valence-corrected chi connectivity index (χ3v) is 7.05. The molecule has 0 saturated heterocycles. The summed E-state index contributed by atoms with van der Waals surface area (Å²) < 4.78 is 5.48. The fourth-order valence-corrected chi connectivity index (χ4v) is 5.10. The van der Waals surface area contributed by atoms with E-state index >= 15 is 0 Å². The average Bonchev–Trinajstić information content (AvgIpc) is 2.91. The summed E-state index contributed by atoms with van der Waals surface area (Å²) in [6.45, 7) is 8.93. The molecule has 8 nitrogen and oxygen atoms in total. The Bertz CT molecular complexity index is 1220. The molecular formula is C33H43N3O5. The maximum absolute atomic E-state index is 14.4. The molecule has 0 aromatic heterocycles. The van der Waals surface area contributed by atoms with Crippen LogP contribution in [0.25, 0.3) is 0 Å². The summed E-state index contributed by atoms with van der Waals surface area (Å²) in [6, 6.07) is 11.2. The Labute approximate surface area is 243 Å². The monoisotopic (exact) mass is 561 g/mol. The number of alkyl carbamates (subject to hydrolysis) is 1. The van der Waals surface area contributed by atoms with E-state index in [1.807, 2.05) is 13.8 Å². The molecule has 8 heteroatoms. The first kappa shape index (κ1) is 31.5. The minimum atomic E-state index is -1.04. The van der Waals surface area contributed by atoms with Crippen LogP contribution in [-0.2, 0) is 20.7 Å². The highest BCUT2D eigenvalue weighted by atomic mass is 16.6. The molecule has 0 heterocycles. The topological polar surface area (TPSA) is 108 Å². The first-order valence-electron chi connectivity index (χ1n) is 14.3. The molecule has 2 atom stereocenters. The van der Waals surface area contributed by atoms with Gasteiger partial charge in [0.05, 0.1) is 0 Å². The molecule has 2 unspecified atom stereocenters. The Morgan fingerprint density at radius 3 is 2.17 bits per heavy atom. The minimum Gasteiger partial charge on any atom is -0.508 e. The number of phenols is 1. The van der Waals surface area contributed by atoms with Crippen LogP contribution in [0.1, 0.15) is 89.5 Å². The van der Waals surface area contributed by atoms with Gasteiger partial charge in [0.25, 0.3) is 0 Å². The SMILES string of the molecule is C#Cc1ccc(C(C(=O)NC2CCCCC2)N(C(=O)C(Cc2ccc(O)cc2)NC(=O)OC(C)(C)C)C(C)C)cc1. The molecule has 0 spiro atoms. The summed E-state index contributed by atoms with van der Waals surface area (Å²) in [4.78, 5) is 42.8. The van der Waals surface area contributed by atoms with Gasteiger partial charge >= 0.3 is 6.09 Å². The Balaban J connectivity index is 2.01. The van der Waals surface area contributed by atoms with E-state index < -0.39 is 29.7 Å². The second-order valence-corrected chi connectivity index (χ2v) is 11.9. The van der Waals surface area contributed by atoms with Crippen LogP contribution in [0.3, 0.4) is 0 Å². The number of phenolic OH excluding ortho intramolecular Hbond substituents is 1. The molecule has 0 radical (unpaired) electrons. The Hall–Kier alpha value is -3.99. The zero-order valence-corrected chi connectivity index (χ0v) is 24.8. The van der Waals surface area contributed by atoms with Gasteiger partial charge in [0.15, 0.2) is 0 Å². The van der Waals surface area contributed by atoms with Crippen molar-refractivity contribution in [3.05, 3.63) is 65.2 Å². The molecule has 1 fully saturated rings. The van der Waals surface area contributed by atoms with Crippen LogP contribution >= 0.6 is 0 Å². The molecule has 1 saturated carbocycles. The number of carbonyl (C=O) groups is 3. The van der Waals surface area contributed by atoms with E-state index in [1.165, 1.54) is 17.0 Å². The number of amides is 3. The van der Waals surface area contributed by atoms with Crippen LogP contribution < -0.4 is 10.6 Å². The van der Waals surface area contributed by atoms with Gasteiger partial charge in [-0.15, -0.1) is 6.42 Å². The third kappa shape index (κ3) is 9.28. The van der Waals surface area contributed by atoms with E-state index in [0.717, 1.165) is 37.7 Å². The van der Waals surface area contributed by atoms with E-state index in [-0.39, 0.29) is 30.2 Å². The Kier molecular flexibility index (Phi) is 10.8. The molecule has 3 N–H and O–H groups in total. The molecule has 3 rings (SSSR count). The highest BCUT2D eigenvalue weighted by Gasteiger charge is 2.38. The van der Waals surface area contributed by atoms with E-state index in [4.69, 9.17) is 11.2 Å². The van der Waals surface area contributed by atoms with E-state index in [1.54, 1.807) is 57.2 Å². The van der Waals surface area contributed by atoms with Crippen LogP contribution in [0, 0.1) is 12.3 Å². The van der Waals surface area contributed by atoms with Gasteiger partial charge in [0, 0.05) is 24.1 Å². The van der Waals surface area contributed by atoms with Gasteiger partial charge < -0.3 is 25.4 Å². The molecule has 41 heavy (non-hydrogen) atoms. The van der Waals surface area contributed by atoms with Crippen molar-refractivity contribution in [3.8, 4) is 18.1 Å². The number of ether oxygens (including phenoxy) is 1. The first-order chi connectivity index (χ1) is 19.4. The van der Waals surface area contributed by atoms with Crippen LogP contribution in [0.15, 0.2) is 48.5 Å². The van der Waals surface area contributed by atoms with Gasteiger partial charge in [-0.2, -0.15) is 0 Å². The van der Waals surface area contributed by atoms with Crippen molar-refractivity contribution in [3.63, 3.8) is 0 Å². The smallest absolute Gasteiger partial charge is 0.408 e. The minimum absolute atomic E-state index is 0.0422. The lowest BCUT2D eigenvalue weighted by atomic mass is 9.94. The number of nitrogens with zero attached hydrogens (tertiary/aromatic N) is 1. The summed E-state index contributed by atoms with van der Waals surface area (Å²) in [7, 11) is 0. The van der Waals surface area contributed by atoms with Crippen LogP contribution in [0.4, 0.5) is 4.79 Å². The molecule has 0 bridgehead atoms. The zero-order chi connectivity index (χ0) is 30.2. The van der Waals surface area contributed by atoms with E-state index in [0.29, 0.717) is 11.1 Å². The number of hydrogen-bond acceptors (Lipinski definition) is 5. The van der Waals surface area contributed by atoms with E-state index in [9.17, 15) is 19.5 Å². The van der Waals surface area contributed by atoms with Crippen LogP contribution in [0.2, 0.25) is 0 Å². The van der Waals surface area contributed by atoms with Crippen LogP contribution in [-0.4, -0.2) is 51.6 Å². The number of benzene rings is 2. The molecule has 3 amide bonds. The molecule has 1 aliphatic rings. The Morgan fingerprint density at radius 2 is 1.63 bits per heavy atom. The largest absolute Gasteiger partial charge is 0.508 e. The van der Waals surface area contributed by atoms with Gasteiger partial charge in [0.1, 0.15) is 23.4 Å². The summed E-state index contributed by atoms with van der Waals surface area (Å²) >= 11 is 0. The lowest BCUT2D eigenvalue weighted by Gasteiger charge is -2.38. The number of aromatic hydroxyl groups is 1.